The van der Waals surface area contributed by atoms with E-state index in [1.807, 2.05) is 12.1 Å². The van der Waals surface area contributed by atoms with Crippen LogP contribution in [-0.2, 0) is 6.42 Å². The lowest BCUT2D eigenvalue weighted by Crippen LogP contribution is -2.32. The van der Waals surface area contributed by atoms with Crippen LogP contribution in [0.25, 0.3) is 0 Å². The van der Waals surface area contributed by atoms with E-state index in [1.54, 1.807) is 0 Å². The number of hydrogen-bond donors (Lipinski definition) is 1. The summed E-state index contributed by atoms with van der Waals surface area (Å²) >= 11 is 3.27. The van der Waals surface area contributed by atoms with Crippen molar-refractivity contribution in [3.63, 3.8) is 0 Å². The topological polar surface area (TPSA) is 26.0 Å². The molecule has 3 heteroatoms. The maximum Gasteiger partial charge on any atom is 0.127 e. The molecular weight excluding hydrogens is 293 g/mol. The average Bonchev–Trinajstić information content (AvgIpc) is 2.32. The van der Waals surface area contributed by atoms with Crippen molar-refractivity contribution in [2.75, 3.05) is 0 Å². The van der Waals surface area contributed by atoms with Gasteiger partial charge in [-0.1, -0.05) is 48.7 Å². The van der Waals surface area contributed by atoms with E-state index in [-0.39, 0.29) is 11.9 Å². The summed E-state index contributed by atoms with van der Waals surface area (Å²) in [4.78, 5) is 0. The molecule has 0 saturated heterocycles. The zero-order valence-corrected chi connectivity index (χ0v) is 12.8. The quantitative estimate of drug-likeness (QED) is 0.777. The Morgan fingerprint density at radius 3 is 2.33 bits per heavy atom. The third kappa shape index (κ3) is 4.69. The van der Waals surface area contributed by atoms with Gasteiger partial charge in [-0.2, -0.15) is 0 Å². The highest BCUT2D eigenvalue weighted by molar-refractivity contribution is 9.10. The summed E-state index contributed by atoms with van der Waals surface area (Å²) in [5.41, 5.74) is 6.98. The van der Waals surface area contributed by atoms with Crippen LogP contribution in [0.15, 0.2) is 22.7 Å². The third-order valence-electron chi connectivity index (χ3n) is 3.40. The highest BCUT2D eigenvalue weighted by atomic mass is 79.9. The third-order valence-corrected chi connectivity index (χ3v) is 3.89. The van der Waals surface area contributed by atoms with Gasteiger partial charge in [-0.25, -0.2) is 4.39 Å². The molecule has 0 heterocycles. The lowest BCUT2D eigenvalue weighted by molar-refractivity contribution is 0.357. The number of hydrogen-bond acceptors (Lipinski definition) is 1. The fourth-order valence-corrected chi connectivity index (χ4v) is 2.76. The van der Waals surface area contributed by atoms with Gasteiger partial charge in [0.05, 0.1) is 0 Å². The van der Waals surface area contributed by atoms with E-state index in [0.29, 0.717) is 12.3 Å². The van der Waals surface area contributed by atoms with Crippen molar-refractivity contribution in [1.29, 1.82) is 0 Å². The Morgan fingerprint density at radius 2 is 1.83 bits per heavy atom. The SMILES string of the molecule is CCCC(CCC)C(N)Cc1ccc(Br)cc1F. The minimum absolute atomic E-state index is 0.0561. The molecule has 1 atom stereocenters. The monoisotopic (exact) mass is 315 g/mol. The van der Waals surface area contributed by atoms with Crippen molar-refractivity contribution >= 4 is 15.9 Å². The number of benzene rings is 1. The Morgan fingerprint density at radius 1 is 1.22 bits per heavy atom. The molecule has 0 spiro atoms. The summed E-state index contributed by atoms with van der Waals surface area (Å²) in [5.74, 6) is 0.342. The molecule has 0 aliphatic heterocycles. The maximum absolute atomic E-state index is 13.8. The molecule has 102 valence electrons. The molecule has 0 fully saturated rings. The molecule has 1 aromatic rings. The fourth-order valence-electron chi connectivity index (χ4n) is 2.42. The van der Waals surface area contributed by atoms with E-state index in [2.05, 4.69) is 29.8 Å². The summed E-state index contributed by atoms with van der Waals surface area (Å²) in [5, 5.41) is 0. The van der Waals surface area contributed by atoms with Gasteiger partial charge in [-0.3, -0.25) is 0 Å². The first-order valence-electron chi connectivity index (χ1n) is 6.78. The molecule has 1 rings (SSSR count). The lowest BCUT2D eigenvalue weighted by atomic mass is 9.87. The minimum Gasteiger partial charge on any atom is -0.327 e. The average molecular weight is 316 g/mol. The summed E-state index contributed by atoms with van der Waals surface area (Å²) in [6.07, 6.45) is 5.17. The molecule has 0 saturated carbocycles. The van der Waals surface area contributed by atoms with Gasteiger partial charge in [0.2, 0.25) is 0 Å². The number of nitrogens with two attached hydrogens (primary N) is 1. The number of rotatable bonds is 7. The molecule has 0 bridgehead atoms. The Hall–Kier alpha value is -0.410. The van der Waals surface area contributed by atoms with Crippen LogP contribution in [-0.4, -0.2) is 6.04 Å². The van der Waals surface area contributed by atoms with Crippen LogP contribution >= 0.6 is 15.9 Å². The van der Waals surface area contributed by atoms with Crippen molar-refractivity contribution in [1.82, 2.24) is 0 Å². The van der Waals surface area contributed by atoms with Crippen molar-refractivity contribution in [3.8, 4) is 0 Å². The largest absolute Gasteiger partial charge is 0.327 e. The van der Waals surface area contributed by atoms with E-state index >= 15 is 0 Å². The van der Waals surface area contributed by atoms with E-state index in [0.717, 1.165) is 35.7 Å². The lowest BCUT2D eigenvalue weighted by Gasteiger charge is -2.23. The summed E-state index contributed by atoms with van der Waals surface area (Å²) in [7, 11) is 0. The molecular formula is C15H23BrFN. The van der Waals surface area contributed by atoms with Crippen LogP contribution in [0.3, 0.4) is 0 Å². The summed E-state index contributed by atoms with van der Waals surface area (Å²) in [6.45, 7) is 4.35. The minimum atomic E-state index is -0.161. The van der Waals surface area contributed by atoms with E-state index in [1.165, 1.54) is 6.07 Å². The van der Waals surface area contributed by atoms with E-state index < -0.39 is 0 Å². The Balaban J connectivity index is 2.69. The van der Waals surface area contributed by atoms with Crippen LogP contribution in [0.4, 0.5) is 4.39 Å². The molecule has 2 N–H and O–H groups in total. The first-order valence-corrected chi connectivity index (χ1v) is 7.57. The van der Waals surface area contributed by atoms with Crippen LogP contribution in [0, 0.1) is 11.7 Å². The Labute approximate surface area is 118 Å². The molecule has 0 radical (unpaired) electrons. The number of halogens is 2. The second-order valence-corrected chi connectivity index (χ2v) is 5.86. The van der Waals surface area contributed by atoms with Gasteiger partial charge < -0.3 is 5.73 Å². The van der Waals surface area contributed by atoms with Gasteiger partial charge in [-0.15, -0.1) is 0 Å². The highest BCUT2D eigenvalue weighted by Gasteiger charge is 2.18. The second kappa shape index (κ2) is 7.90. The first-order chi connectivity index (χ1) is 8.58. The predicted molar refractivity (Wildman–Crippen MR) is 79.1 cm³/mol. The van der Waals surface area contributed by atoms with Gasteiger partial charge in [0.1, 0.15) is 5.82 Å². The van der Waals surface area contributed by atoms with Gasteiger partial charge in [0, 0.05) is 10.5 Å². The molecule has 0 aliphatic carbocycles. The van der Waals surface area contributed by atoms with Crippen LogP contribution in [0.1, 0.15) is 45.1 Å². The standard InChI is InChI=1S/C15H23BrFN/c1-3-5-11(6-4-2)15(18)9-12-7-8-13(16)10-14(12)17/h7-8,10-11,15H,3-6,9,18H2,1-2H3. The van der Waals surface area contributed by atoms with Gasteiger partial charge in [0.25, 0.3) is 0 Å². The van der Waals surface area contributed by atoms with Crippen LogP contribution in [0.5, 0.6) is 0 Å². The van der Waals surface area contributed by atoms with Gasteiger partial charge in [-0.05, 0) is 42.9 Å². The van der Waals surface area contributed by atoms with Crippen molar-refractivity contribution in [2.45, 2.75) is 52.0 Å². The van der Waals surface area contributed by atoms with Gasteiger partial charge >= 0.3 is 0 Å². The molecule has 18 heavy (non-hydrogen) atoms. The molecule has 0 amide bonds. The van der Waals surface area contributed by atoms with Crippen molar-refractivity contribution in [2.24, 2.45) is 11.7 Å². The molecule has 1 aromatic carbocycles. The molecule has 0 aromatic heterocycles. The molecule has 1 unspecified atom stereocenters. The maximum atomic E-state index is 13.8. The van der Waals surface area contributed by atoms with Crippen LogP contribution < -0.4 is 5.73 Å². The fraction of sp³-hybridized carbons (Fsp3) is 0.600. The van der Waals surface area contributed by atoms with Gasteiger partial charge in [0.15, 0.2) is 0 Å². The Kier molecular flexibility index (Phi) is 6.87. The Bertz CT molecular complexity index is 362. The van der Waals surface area contributed by atoms with E-state index in [4.69, 9.17) is 5.73 Å². The predicted octanol–water partition coefficient (Wildman–Crippen LogP) is 4.67. The first kappa shape index (κ1) is 15.6. The summed E-state index contributed by atoms with van der Waals surface area (Å²) in [6, 6.07) is 5.27. The van der Waals surface area contributed by atoms with E-state index in [9.17, 15) is 4.39 Å². The second-order valence-electron chi connectivity index (χ2n) is 4.94. The van der Waals surface area contributed by atoms with Crippen molar-refractivity contribution < 1.29 is 4.39 Å². The van der Waals surface area contributed by atoms with Crippen LogP contribution in [0.2, 0.25) is 0 Å². The smallest absolute Gasteiger partial charge is 0.127 e. The normalized spacial score (nSPS) is 13.0. The highest BCUT2D eigenvalue weighted by Crippen LogP contribution is 2.22. The molecule has 0 aliphatic rings. The van der Waals surface area contributed by atoms with Crippen molar-refractivity contribution in [3.05, 3.63) is 34.1 Å². The summed E-state index contributed by atoms with van der Waals surface area (Å²) < 4.78 is 14.5. The molecule has 1 nitrogen and oxygen atoms in total. The zero-order chi connectivity index (χ0) is 13.5. The zero-order valence-electron chi connectivity index (χ0n) is 11.3.